The summed E-state index contributed by atoms with van der Waals surface area (Å²) in [5.74, 6) is 1.06. The predicted molar refractivity (Wildman–Crippen MR) is 81.6 cm³/mol. The van der Waals surface area contributed by atoms with E-state index in [1.54, 1.807) is 27.7 Å². The molecule has 114 valence electrons. The first-order chi connectivity index (χ1) is 10.7. The van der Waals surface area contributed by atoms with Crippen molar-refractivity contribution in [1.29, 1.82) is 0 Å². The third kappa shape index (κ3) is 1.84. The van der Waals surface area contributed by atoms with E-state index in [-0.39, 0.29) is 17.1 Å². The van der Waals surface area contributed by atoms with Gasteiger partial charge in [0.05, 0.1) is 6.20 Å². The highest BCUT2D eigenvalue weighted by Gasteiger charge is 2.29. The maximum atomic E-state index is 12.8. The molecule has 0 aliphatic heterocycles. The van der Waals surface area contributed by atoms with Crippen molar-refractivity contribution in [2.45, 2.75) is 39.2 Å². The molecule has 7 nitrogen and oxygen atoms in total. The first-order valence-corrected chi connectivity index (χ1v) is 7.74. The van der Waals surface area contributed by atoms with E-state index in [0.717, 1.165) is 12.8 Å². The zero-order valence-corrected chi connectivity index (χ0v) is 12.7. The molecule has 0 bridgehead atoms. The molecule has 1 aliphatic rings. The topological polar surface area (TPSA) is 78.0 Å². The monoisotopic (exact) mass is 298 g/mol. The molecule has 0 saturated heterocycles. The van der Waals surface area contributed by atoms with Crippen LogP contribution in [0.3, 0.4) is 0 Å². The van der Waals surface area contributed by atoms with Gasteiger partial charge in [-0.3, -0.25) is 9.36 Å². The summed E-state index contributed by atoms with van der Waals surface area (Å²) in [5, 5.41) is 12.3. The van der Waals surface area contributed by atoms with Crippen molar-refractivity contribution in [3.05, 3.63) is 28.9 Å². The second-order valence-electron chi connectivity index (χ2n) is 6.27. The minimum Gasteiger partial charge on any atom is -0.294 e. The molecule has 7 heteroatoms. The molecule has 1 saturated carbocycles. The summed E-state index contributed by atoms with van der Waals surface area (Å²) in [6.07, 6.45) is 6.65. The summed E-state index contributed by atoms with van der Waals surface area (Å²) in [5.41, 5.74) is 1.22. The van der Waals surface area contributed by atoms with Gasteiger partial charge in [0.1, 0.15) is 6.33 Å². The molecule has 1 fully saturated rings. The van der Waals surface area contributed by atoms with Gasteiger partial charge in [-0.05, 0) is 18.3 Å². The van der Waals surface area contributed by atoms with Crippen molar-refractivity contribution in [1.82, 2.24) is 29.4 Å². The Morgan fingerprint density at radius 1 is 1.23 bits per heavy atom. The van der Waals surface area contributed by atoms with Crippen molar-refractivity contribution in [3.8, 4) is 0 Å². The van der Waals surface area contributed by atoms with Crippen LogP contribution >= 0.6 is 0 Å². The van der Waals surface area contributed by atoms with E-state index in [9.17, 15) is 4.79 Å². The lowest BCUT2D eigenvalue weighted by atomic mass is 9.78. The Bertz CT molecular complexity index is 898. The van der Waals surface area contributed by atoms with Crippen LogP contribution in [0.4, 0.5) is 0 Å². The molecule has 3 heterocycles. The summed E-state index contributed by atoms with van der Waals surface area (Å²) >= 11 is 0. The van der Waals surface area contributed by atoms with Crippen molar-refractivity contribution in [2.24, 2.45) is 11.8 Å². The molecule has 3 aromatic rings. The summed E-state index contributed by atoms with van der Waals surface area (Å²) < 4.78 is 3.30. The Morgan fingerprint density at radius 3 is 2.95 bits per heavy atom. The first kappa shape index (κ1) is 13.4. The van der Waals surface area contributed by atoms with Gasteiger partial charge < -0.3 is 0 Å². The summed E-state index contributed by atoms with van der Waals surface area (Å²) in [6, 6.07) is 1.92. The molecule has 1 aliphatic carbocycles. The Kier molecular flexibility index (Phi) is 2.95. The quantitative estimate of drug-likeness (QED) is 0.685. The van der Waals surface area contributed by atoms with Gasteiger partial charge in [0.2, 0.25) is 0 Å². The summed E-state index contributed by atoms with van der Waals surface area (Å²) in [7, 11) is 0. The molecule has 4 rings (SSSR count). The van der Waals surface area contributed by atoms with Gasteiger partial charge in [0.25, 0.3) is 5.56 Å². The van der Waals surface area contributed by atoms with Crippen LogP contribution in [0.1, 0.15) is 39.2 Å². The Morgan fingerprint density at radius 2 is 2.09 bits per heavy atom. The number of nitrogens with zero attached hydrogens (tertiary/aromatic N) is 6. The van der Waals surface area contributed by atoms with Gasteiger partial charge >= 0.3 is 0 Å². The summed E-state index contributed by atoms with van der Waals surface area (Å²) in [6.45, 7) is 4.47. The van der Waals surface area contributed by atoms with Crippen LogP contribution < -0.4 is 5.56 Å². The number of hydrogen-bond donors (Lipinski definition) is 0. The molecule has 0 aromatic carbocycles. The Balaban J connectivity index is 1.91. The SMILES string of the molecule is CC1CCCC(n2cnc3c(nnc4ccnn43)c2=O)C1C. The zero-order chi connectivity index (χ0) is 15.3. The zero-order valence-electron chi connectivity index (χ0n) is 12.7. The van der Waals surface area contributed by atoms with Gasteiger partial charge in [-0.1, -0.05) is 26.7 Å². The van der Waals surface area contributed by atoms with Crippen LogP contribution in [0.15, 0.2) is 23.4 Å². The third-order valence-electron chi connectivity index (χ3n) is 5.05. The van der Waals surface area contributed by atoms with Crippen LogP contribution in [0.2, 0.25) is 0 Å². The molecule has 3 aromatic heterocycles. The van der Waals surface area contributed by atoms with Crippen molar-refractivity contribution < 1.29 is 0 Å². The van der Waals surface area contributed by atoms with E-state index in [0.29, 0.717) is 23.1 Å². The van der Waals surface area contributed by atoms with E-state index < -0.39 is 0 Å². The molecule has 22 heavy (non-hydrogen) atoms. The fourth-order valence-electron chi connectivity index (χ4n) is 3.51. The van der Waals surface area contributed by atoms with Crippen LogP contribution in [-0.4, -0.2) is 29.4 Å². The lowest BCUT2D eigenvalue weighted by Crippen LogP contribution is -2.34. The van der Waals surface area contributed by atoms with E-state index in [1.807, 2.05) is 0 Å². The van der Waals surface area contributed by atoms with Crippen molar-refractivity contribution in [3.63, 3.8) is 0 Å². The van der Waals surface area contributed by atoms with E-state index in [1.165, 1.54) is 6.42 Å². The maximum Gasteiger partial charge on any atom is 0.283 e. The molecular formula is C15H18N6O. The number of fused-ring (bicyclic) bond motifs is 3. The first-order valence-electron chi connectivity index (χ1n) is 7.74. The molecule has 0 spiro atoms. The van der Waals surface area contributed by atoms with E-state index >= 15 is 0 Å². The Hall–Kier alpha value is -2.31. The number of rotatable bonds is 1. The normalized spacial score (nSPS) is 25.8. The van der Waals surface area contributed by atoms with Gasteiger partial charge in [0, 0.05) is 12.1 Å². The third-order valence-corrected chi connectivity index (χ3v) is 5.05. The largest absolute Gasteiger partial charge is 0.294 e. The highest BCUT2D eigenvalue weighted by Crippen LogP contribution is 2.36. The van der Waals surface area contributed by atoms with Gasteiger partial charge in [-0.15, -0.1) is 10.2 Å². The molecule has 3 unspecified atom stereocenters. The average molecular weight is 298 g/mol. The van der Waals surface area contributed by atoms with E-state index in [2.05, 4.69) is 34.1 Å². The lowest BCUT2D eigenvalue weighted by Gasteiger charge is -2.34. The number of hydrogen-bond acceptors (Lipinski definition) is 5. The van der Waals surface area contributed by atoms with Crippen molar-refractivity contribution >= 4 is 16.8 Å². The lowest BCUT2D eigenvalue weighted by molar-refractivity contribution is 0.182. The van der Waals surface area contributed by atoms with Crippen LogP contribution in [-0.2, 0) is 0 Å². The minimum atomic E-state index is -0.124. The average Bonchev–Trinajstić information content (AvgIpc) is 3.00. The van der Waals surface area contributed by atoms with Crippen LogP contribution in [0.25, 0.3) is 16.8 Å². The van der Waals surface area contributed by atoms with Gasteiger partial charge in [-0.2, -0.15) is 9.61 Å². The number of aromatic nitrogens is 6. The molecular weight excluding hydrogens is 280 g/mol. The van der Waals surface area contributed by atoms with Crippen LogP contribution in [0, 0.1) is 11.8 Å². The summed E-state index contributed by atoms with van der Waals surface area (Å²) in [4.78, 5) is 17.3. The van der Waals surface area contributed by atoms with E-state index in [4.69, 9.17) is 0 Å². The standard InChI is InChI=1S/C15H18N6O/c1-9-4-3-5-11(10(9)2)20-8-16-14-13(15(20)22)19-18-12-6-7-17-21(12)14/h6-11H,3-5H2,1-2H3. The highest BCUT2D eigenvalue weighted by atomic mass is 16.1. The van der Waals surface area contributed by atoms with Crippen LogP contribution in [0.5, 0.6) is 0 Å². The van der Waals surface area contributed by atoms with Crippen molar-refractivity contribution in [2.75, 3.05) is 0 Å². The maximum absolute atomic E-state index is 12.8. The second-order valence-corrected chi connectivity index (χ2v) is 6.27. The smallest absolute Gasteiger partial charge is 0.283 e. The molecule has 3 atom stereocenters. The van der Waals surface area contributed by atoms with Gasteiger partial charge in [-0.25, -0.2) is 4.98 Å². The second kappa shape index (κ2) is 4.86. The minimum absolute atomic E-state index is 0.124. The van der Waals surface area contributed by atoms with Gasteiger partial charge in [0.15, 0.2) is 16.8 Å². The highest BCUT2D eigenvalue weighted by molar-refractivity contribution is 5.70. The predicted octanol–water partition coefficient (Wildman–Crippen LogP) is 1.83. The molecule has 0 radical (unpaired) electrons. The fraction of sp³-hybridized carbons (Fsp3) is 0.533. The molecule has 0 N–H and O–H groups in total. The fourth-order valence-corrected chi connectivity index (χ4v) is 3.51. The molecule has 0 amide bonds. The Labute approximate surface area is 127 Å².